The van der Waals surface area contributed by atoms with Gasteiger partial charge in [-0.15, -0.1) is 11.8 Å². The maximum Gasteiger partial charge on any atom is 0.167 e. The van der Waals surface area contributed by atoms with E-state index in [4.69, 9.17) is 4.74 Å². The fraction of sp³-hybridized carbons (Fsp3) is 0.250. The second-order valence-electron chi connectivity index (χ2n) is 3.68. The van der Waals surface area contributed by atoms with Crippen LogP contribution < -0.4 is 4.74 Å². The highest BCUT2D eigenvalue weighted by Gasteiger charge is 2.17. The predicted octanol–water partition coefficient (Wildman–Crippen LogP) is 2.28. The molecule has 0 saturated carbocycles. The van der Waals surface area contributed by atoms with Crippen molar-refractivity contribution in [3.05, 3.63) is 35.4 Å². The molecule has 0 atom stereocenters. The first-order valence-corrected chi connectivity index (χ1v) is 5.95. The Morgan fingerprint density at radius 1 is 1.33 bits per heavy atom. The van der Waals surface area contributed by atoms with Gasteiger partial charge in [-0.1, -0.05) is 6.07 Å². The maximum absolute atomic E-state index is 11.1. The average Bonchev–Trinajstić information content (AvgIpc) is 2.84. The van der Waals surface area contributed by atoms with Gasteiger partial charge in [0.25, 0.3) is 0 Å². The van der Waals surface area contributed by atoms with E-state index >= 15 is 0 Å². The van der Waals surface area contributed by atoms with Crippen LogP contribution >= 0.6 is 11.8 Å². The Morgan fingerprint density at radius 2 is 2.27 bits per heavy atom. The third-order valence-electron chi connectivity index (χ3n) is 2.64. The lowest BCUT2D eigenvalue weighted by Gasteiger charge is -2.03. The van der Waals surface area contributed by atoms with Gasteiger partial charge in [-0.2, -0.15) is 0 Å². The first kappa shape index (κ1) is 9.04. The number of carbonyl (C=O) groups is 1. The molecule has 1 aromatic rings. The van der Waals surface area contributed by atoms with Crippen molar-refractivity contribution in [1.82, 2.24) is 0 Å². The van der Waals surface area contributed by atoms with E-state index in [-0.39, 0.29) is 5.78 Å². The Bertz CT molecular complexity index is 463. The van der Waals surface area contributed by atoms with Gasteiger partial charge in [-0.05, 0) is 29.3 Å². The highest BCUT2D eigenvalue weighted by atomic mass is 32.2. The molecule has 0 bridgehead atoms. The molecule has 0 aromatic heterocycles. The monoisotopic (exact) mass is 218 g/mol. The van der Waals surface area contributed by atoms with Crippen molar-refractivity contribution in [2.24, 2.45) is 0 Å². The summed E-state index contributed by atoms with van der Waals surface area (Å²) < 4.78 is 5.44. The van der Waals surface area contributed by atoms with Crippen LogP contribution in [-0.2, 0) is 11.2 Å². The fourth-order valence-corrected chi connectivity index (χ4v) is 2.77. The van der Waals surface area contributed by atoms with Crippen molar-refractivity contribution in [3.8, 4) is 5.75 Å². The van der Waals surface area contributed by atoms with Crippen molar-refractivity contribution >= 4 is 22.5 Å². The molecule has 0 saturated heterocycles. The van der Waals surface area contributed by atoms with Crippen LogP contribution in [0.15, 0.2) is 24.3 Å². The lowest BCUT2D eigenvalue weighted by molar-refractivity contribution is -0.112. The van der Waals surface area contributed by atoms with Gasteiger partial charge in [0.15, 0.2) is 5.78 Å². The van der Waals surface area contributed by atoms with Crippen LogP contribution in [0.3, 0.4) is 0 Å². The number of hydrogen-bond donors (Lipinski definition) is 0. The van der Waals surface area contributed by atoms with Crippen LogP contribution in [-0.4, -0.2) is 18.1 Å². The molecule has 0 aliphatic carbocycles. The molecule has 2 heterocycles. The molecular formula is C12H10O2S. The zero-order chi connectivity index (χ0) is 10.3. The summed E-state index contributed by atoms with van der Waals surface area (Å²) in [5, 5.41) is 0. The summed E-state index contributed by atoms with van der Waals surface area (Å²) in [5.41, 5.74) is 2.41. The number of allylic oxidation sites excluding steroid dienone is 1. The van der Waals surface area contributed by atoms with Gasteiger partial charge in [0.1, 0.15) is 5.75 Å². The fourth-order valence-electron chi connectivity index (χ4n) is 1.88. The highest BCUT2D eigenvalue weighted by Crippen LogP contribution is 2.35. The average molecular weight is 218 g/mol. The lowest BCUT2D eigenvalue weighted by atomic mass is 10.1. The Labute approximate surface area is 92.3 Å². The number of thioether (sulfide) groups is 1. The molecule has 15 heavy (non-hydrogen) atoms. The molecule has 2 nitrogen and oxygen atoms in total. The molecular weight excluding hydrogens is 208 g/mol. The van der Waals surface area contributed by atoms with Crippen LogP contribution in [0.25, 0.3) is 4.91 Å². The number of hydrogen-bond acceptors (Lipinski definition) is 3. The molecule has 0 spiro atoms. The van der Waals surface area contributed by atoms with Gasteiger partial charge in [-0.3, -0.25) is 4.79 Å². The van der Waals surface area contributed by atoms with E-state index < -0.39 is 0 Å². The quantitative estimate of drug-likeness (QED) is 0.723. The topological polar surface area (TPSA) is 26.3 Å². The third kappa shape index (κ3) is 1.57. The lowest BCUT2D eigenvalue weighted by Crippen LogP contribution is -1.86. The van der Waals surface area contributed by atoms with Crippen LogP contribution in [0.2, 0.25) is 0 Å². The van der Waals surface area contributed by atoms with Gasteiger partial charge in [0.05, 0.1) is 12.4 Å². The Kier molecular flexibility index (Phi) is 2.06. The minimum absolute atomic E-state index is 0.215. The number of benzene rings is 1. The van der Waals surface area contributed by atoms with E-state index in [9.17, 15) is 4.79 Å². The largest absolute Gasteiger partial charge is 0.493 e. The van der Waals surface area contributed by atoms with Crippen LogP contribution in [0.4, 0.5) is 0 Å². The van der Waals surface area contributed by atoms with Crippen molar-refractivity contribution in [3.63, 3.8) is 0 Å². The number of fused-ring (bicyclic) bond motifs is 1. The van der Waals surface area contributed by atoms with E-state index in [1.54, 1.807) is 17.8 Å². The number of carbonyl (C=O) groups excluding carboxylic acids is 1. The molecule has 0 radical (unpaired) electrons. The minimum atomic E-state index is 0.215. The molecule has 0 fully saturated rings. The van der Waals surface area contributed by atoms with Gasteiger partial charge in [0.2, 0.25) is 0 Å². The molecule has 0 unspecified atom stereocenters. The molecule has 0 amide bonds. The van der Waals surface area contributed by atoms with Crippen molar-refractivity contribution in [1.29, 1.82) is 0 Å². The maximum atomic E-state index is 11.1. The summed E-state index contributed by atoms with van der Waals surface area (Å²) in [6.07, 6.45) is 2.72. The Hall–Kier alpha value is -1.22. The third-order valence-corrected chi connectivity index (χ3v) is 3.73. The Balaban J connectivity index is 2.00. The van der Waals surface area contributed by atoms with Crippen molar-refractivity contribution < 1.29 is 9.53 Å². The summed E-state index contributed by atoms with van der Waals surface area (Å²) >= 11 is 1.62. The second-order valence-corrected chi connectivity index (χ2v) is 4.70. The summed E-state index contributed by atoms with van der Waals surface area (Å²) in [7, 11) is 0. The minimum Gasteiger partial charge on any atom is -0.493 e. The smallest absolute Gasteiger partial charge is 0.167 e. The number of rotatable bonds is 1. The zero-order valence-corrected chi connectivity index (χ0v) is 8.97. The van der Waals surface area contributed by atoms with Crippen LogP contribution in [0.1, 0.15) is 11.1 Å². The SMILES string of the molecule is O=C1C=C(c2ccc3c(c2)CCO3)SC1. The van der Waals surface area contributed by atoms with Gasteiger partial charge in [-0.25, -0.2) is 0 Å². The molecule has 3 heteroatoms. The molecule has 0 N–H and O–H groups in total. The van der Waals surface area contributed by atoms with Crippen LogP contribution in [0.5, 0.6) is 5.75 Å². The number of ether oxygens (including phenoxy) is 1. The molecule has 2 aliphatic heterocycles. The number of ketones is 1. The predicted molar refractivity (Wildman–Crippen MR) is 61.1 cm³/mol. The second kappa shape index (κ2) is 3.42. The summed E-state index contributed by atoms with van der Waals surface area (Å²) in [4.78, 5) is 12.2. The summed E-state index contributed by atoms with van der Waals surface area (Å²) in [6, 6.07) is 6.17. The van der Waals surface area contributed by atoms with Crippen LogP contribution in [0, 0.1) is 0 Å². The van der Waals surface area contributed by atoms with E-state index in [2.05, 4.69) is 6.07 Å². The van der Waals surface area contributed by atoms with E-state index in [0.29, 0.717) is 5.75 Å². The first-order chi connectivity index (χ1) is 7.33. The standard InChI is InChI=1S/C12H10O2S/c13-10-6-12(15-7-10)9-1-2-11-8(5-9)3-4-14-11/h1-2,5-6H,3-4,7H2. The molecule has 1 aromatic carbocycles. The Morgan fingerprint density at radius 3 is 3.07 bits per heavy atom. The van der Waals surface area contributed by atoms with Gasteiger partial charge in [0, 0.05) is 11.3 Å². The molecule has 76 valence electrons. The summed E-state index contributed by atoms with van der Waals surface area (Å²) in [5.74, 6) is 1.79. The molecule has 2 aliphatic rings. The molecule has 3 rings (SSSR count). The van der Waals surface area contributed by atoms with E-state index in [1.807, 2.05) is 12.1 Å². The normalized spacial score (nSPS) is 18.7. The highest BCUT2D eigenvalue weighted by molar-refractivity contribution is 8.09. The van der Waals surface area contributed by atoms with E-state index in [0.717, 1.165) is 29.2 Å². The van der Waals surface area contributed by atoms with Gasteiger partial charge < -0.3 is 4.74 Å². The summed E-state index contributed by atoms with van der Waals surface area (Å²) in [6.45, 7) is 0.782. The van der Waals surface area contributed by atoms with E-state index in [1.165, 1.54) is 5.56 Å². The van der Waals surface area contributed by atoms with Gasteiger partial charge >= 0.3 is 0 Å². The zero-order valence-electron chi connectivity index (χ0n) is 8.16. The first-order valence-electron chi connectivity index (χ1n) is 4.96. The van der Waals surface area contributed by atoms with Crippen molar-refractivity contribution in [2.75, 3.05) is 12.4 Å². The van der Waals surface area contributed by atoms with Crippen molar-refractivity contribution in [2.45, 2.75) is 6.42 Å².